The minimum atomic E-state index is -0.492. The first-order valence-corrected chi connectivity index (χ1v) is 7.46. The highest BCUT2D eigenvalue weighted by atomic mass is 35.5. The third-order valence-corrected chi connectivity index (χ3v) is 4.36. The molecule has 2 N–H and O–H groups in total. The van der Waals surface area contributed by atoms with Gasteiger partial charge in [-0.25, -0.2) is 0 Å². The summed E-state index contributed by atoms with van der Waals surface area (Å²) >= 11 is 7.33. The van der Waals surface area contributed by atoms with Gasteiger partial charge in [-0.05, 0) is 24.8 Å². The van der Waals surface area contributed by atoms with Gasteiger partial charge in [-0.2, -0.15) is 11.8 Å². The zero-order valence-electron chi connectivity index (χ0n) is 10.8. The fraction of sp³-hybridized carbons (Fsp3) is 0.500. The van der Waals surface area contributed by atoms with Crippen LogP contribution in [0.3, 0.4) is 0 Å². The van der Waals surface area contributed by atoms with Crippen molar-refractivity contribution in [3.63, 3.8) is 0 Å². The van der Waals surface area contributed by atoms with E-state index < -0.39 is 4.92 Å². The van der Waals surface area contributed by atoms with Crippen molar-refractivity contribution in [1.29, 1.82) is 0 Å². The lowest BCUT2D eigenvalue weighted by atomic mass is 10.1. The molecule has 106 valence electrons. The lowest BCUT2D eigenvalue weighted by molar-refractivity contribution is -0.384. The van der Waals surface area contributed by atoms with Crippen molar-refractivity contribution in [1.82, 2.24) is 5.32 Å². The summed E-state index contributed by atoms with van der Waals surface area (Å²) in [7, 11) is 0. The molecule has 0 amide bonds. The number of aliphatic hydroxyl groups excluding tert-OH is 1. The van der Waals surface area contributed by atoms with Crippen LogP contribution in [0, 0.1) is 10.1 Å². The van der Waals surface area contributed by atoms with Crippen LogP contribution in [0.4, 0.5) is 5.69 Å². The predicted octanol–water partition coefficient (Wildman–Crippen LogP) is 2.45. The van der Waals surface area contributed by atoms with Crippen molar-refractivity contribution in [2.24, 2.45) is 0 Å². The largest absolute Gasteiger partial charge is 0.395 e. The summed E-state index contributed by atoms with van der Waals surface area (Å²) in [6, 6.07) is 4.85. The number of benzene rings is 1. The molecular weight excluding hydrogens is 288 g/mol. The lowest BCUT2D eigenvalue weighted by Gasteiger charge is -2.21. The molecule has 0 aliphatic rings. The van der Waals surface area contributed by atoms with Gasteiger partial charge in [0, 0.05) is 23.9 Å². The van der Waals surface area contributed by atoms with E-state index in [-0.39, 0.29) is 28.6 Å². The van der Waals surface area contributed by atoms with Crippen LogP contribution in [0.25, 0.3) is 0 Å². The minimum Gasteiger partial charge on any atom is -0.395 e. The van der Waals surface area contributed by atoms with Crippen molar-refractivity contribution in [3.8, 4) is 0 Å². The fourth-order valence-corrected chi connectivity index (χ4v) is 2.50. The second-order valence-electron chi connectivity index (χ2n) is 4.17. The molecule has 0 aliphatic carbocycles. The van der Waals surface area contributed by atoms with E-state index in [4.69, 9.17) is 11.6 Å². The molecule has 1 aromatic carbocycles. The van der Waals surface area contributed by atoms with Gasteiger partial charge in [0.1, 0.15) is 5.02 Å². The molecule has 0 saturated carbocycles. The number of hydrogen-bond acceptors (Lipinski definition) is 5. The molecule has 0 aliphatic heterocycles. The molecule has 1 aromatic rings. The Hall–Kier alpha value is -0.820. The molecule has 2 atom stereocenters. The van der Waals surface area contributed by atoms with Gasteiger partial charge < -0.3 is 10.4 Å². The van der Waals surface area contributed by atoms with Crippen LogP contribution in [-0.4, -0.2) is 34.2 Å². The number of nitro benzene ring substituents is 1. The first-order chi connectivity index (χ1) is 8.99. The van der Waals surface area contributed by atoms with Gasteiger partial charge in [-0.15, -0.1) is 0 Å². The SMILES string of the molecule is CSC(CO)C(C)NCc1ccc(Cl)c([N+](=O)[O-])c1. The maximum Gasteiger partial charge on any atom is 0.288 e. The van der Waals surface area contributed by atoms with E-state index in [1.807, 2.05) is 13.2 Å². The molecule has 0 heterocycles. The maximum absolute atomic E-state index is 10.8. The van der Waals surface area contributed by atoms with Gasteiger partial charge in [0.05, 0.1) is 11.5 Å². The molecule has 1 rings (SSSR count). The highest BCUT2D eigenvalue weighted by Crippen LogP contribution is 2.25. The Kier molecular flexibility index (Phi) is 6.57. The van der Waals surface area contributed by atoms with E-state index in [9.17, 15) is 15.2 Å². The number of hydrogen-bond donors (Lipinski definition) is 2. The maximum atomic E-state index is 10.8. The highest BCUT2D eigenvalue weighted by Gasteiger charge is 2.16. The topological polar surface area (TPSA) is 75.4 Å². The third-order valence-electron chi connectivity index (χ3n) is 2.88. The summed E-state index contributed by atoms with van der Waals surface area (Å²) in [5.74, 6) is 0. The summed E-state index contributed by atoms with van der Waals surface area (Å²) < 4.78 is 0. The Balaban J connectivity index is 2.68. The number of nitrogens with one attached hydrogen (secondary N) is 1. The first-order valence-electron chi connectivity index (χ1n) is 5.79. The number of nitro groups is 1. The quantitative estimate of drug-likeness (QED) is 0.598. The fourth-order valence-electron chi connectivity index (χ4n) is 1.66. The Labute approximate surface area is 121 Å². The molecule has 7 heteroatoms. The molecule has 0 saturated heterocycles. The summed E-state index contributed by atoms with van der Waals surface area (Å²) in [5.41, 5.74) is 0.706. The Morgan fingerprint density at radius 3 is 2.79 bits per heavy atom. The van der Waals surface area contributed by atoms with Crippen LogP contribution in [-0.2, 0) is 6.54 Å². The number of nitrogens with zero attached hydrogens (tertiary/aromatic N) is 1. The Morgan fingerprint density at radius 2 is 2.26 bits per heavy atom. The minimum absolute atomic E-state index is 0.0859. The zero-order valence-corrected chi connectivity index (χ0v) is 12.4. The number of thioether (sulfide) groups is 1. The lowest BCUT2D eigenvalue weighted by Crippen LogP contribution is -2.37. The van der Waals surface area contributed by atoms with Crippen molar-refractivity contribution < 1.29 is 10.0 Å². The van der Waals surface area contributed by atoms with E-state index in [1.54, 1.807) is 17.8 Å². The summed E-state index contributed by atoms with van der Waals surface area (Å²) in [4.78, 5) is 10.3. The number of rotatable bonds is 7. The second kappa shape index (κ2) is 7.69. The van der Waals surface area contributed by atoms with Crippen LogP contribution in [0.5, 0.6) is 0 Å². The number of halogens is 1. The normalized spacial score (nSPS) is 14.1. The molecule has 0 spiro atoms. The monoisotopic (exact) mass is 304 g/mol. The van der Waals surface area contributed by atoms with Crippen molar-refractivity contribution in [2.45, 2.75) is 24.8 Å². The van der Waals surface area contributed by atoms with Crippen LogP contribution in [0.15, 0.2) is 18.2 Å². The van der Waals surface area contributed by atoms with Gasteiger partial charge in [0.2, 0.25) is 0 Å². The van der Waals surface area contributed by atoms with Crippen LogP contribution in [0.1, 0.15) is 12.5 Å². The van der Waals surface area contributed by atoms with Crippen LogP contribution >= 0.6 is 23.4 Å². The molecule has 2 unspecified atom stereocenters. The van der Waals surface area contributed by atoms with Gasteiger partial charge in [-0.1, -0.05) is 17.7 Å². The third kappa shape index (κ3) is 4.65. The van der Waals surface area contributed by atoms with Crippen molar-refractivity contribution >= 4 is 29.1 Å². The first kappa shape index (κ1) is 16.2. The van der Waals surface area contributed by atoms with E-state index in [0.717, 1.165) is 5.56 Å². The van der Waals surface area contributed by atoms with E-state index in [2.05, 4.69) is 5.32 Å². The van der Waals surface area contributed by atoms with Gasteiger partial charge >= 0.3 is 0 Å². The Bertz CT molecular complexity index is 441. The van der Waals surface area contributed by atoms with Crippen LogP contribution < -0.4 is 5.32 Å². The average Bonchev–Trinajstić information content (AvgIpc) is 2.38. The molecule has 5 nitrogen and oxygen atoms in total. The summed E-state index contributed by atoms with van der Waals surface area (Å²) in [6.07, 6.45) is 1.94. The predicted molar refractivity (Wildman–Crippen MR) is 78.8 cm³/mol. The summed E-state index contributed by atoms with van der Waals surface area (Å²) in [6.45, 7) is 2.56. The van der Waals surface area contributed by atoms with E-state index >= 15 is 0 Å². The van der Waals surface area contributed by atoms with Crippen molar-refractivity contribution in [2.75, 3.05) is 12.9 Å². The highest BCUT2D eigenvalue weighted by molar-refractivity contribution is 7.99. The van der Waals surface area contributed by atoms with E-state index in [1.165, 1.54) is 12.1 Å². The molecule has 0 radical (unpaired) electrons. The summed E-state index contributed by atoms with van der Waals surface area (Å²) in [5, 5.41) is 23.4. The molecule has 0 fully saturated rings. The molecule has 0 bridgehead atoms. The van der Waals surface area contributed by atoms with Gasteiger partial charge in [0.15, 0.2) is 0 Å². The standard InChI is InChI=1S/C12H17ClN2O3S/c1-8(12(7-16)19-2)14-6-9-3-4-10(13)11(5-9)15(17)18/h3-5,8,12,14,16H,6-7H2,1-2H3. The average molecular weight is 305 g/mol. The smallest absolute Gasteiger partial charge is 0.288 e. The van der Waals surface area contributed by atoms with Gasteiger partial charge in [-0.3, -0.25) is 10.1 Å². The number of aliphatic hydroxyl groups is 1. The molecule has 19 heavy (non-hydrogen) atoms. The van der Waals surface area contributed by atoms with Crippen LogP contribution in [0.2, 0.25) is 5.02 Å². The van der Waals surface area contributed by atoms with Gasteiger partial charge in [0.25, 0.3) is 5.69 Å². The molecule has 0 aromatic heterocycles. The van der Waals surface area contributed by atoms with E-state index in [0.29, 0.717) is 6.54 Å². The van der Waals surface area contributed by atoms with Crippen molar-refractivity contribution in [3.05, 3.63) is 38.9 Å². The molecular formula is C12H17ClN2O3S. The zero-order chi connectivity index (χ0) is 14.4. The second-order valence-corrected chi connectivity index (χ2v) is 5.65. The Morgan fingerprint density at radius 1 is 1.58 bits per heavy atom.